The molecule has 21 heavy (non-hydrogen) atoms. The molecule has 4 heteroatoms. The van der Waals surface area contributed by atoms with Crippen LogP contribution in [0.25, 0.3) is 0 Å². The number of hydrogen-bond donors (Lipinski definition) is 1. The third kappa shape index (κ3) is 4.40. The minimum absolute atomic E-state index is 0.231. The maximum Gasteiger partial charge on any atom is 0.0588 e. The zero-order chi connectivity index (χ0) is 15.2. The average Bonchev–Trinajstić information content (AvgIpc) is 2.52. The smallest absolute Gasteiger partial charge is 0.0588 e. The SMILES string of the molecule is CCCNC1CCC(CC)CC1S(=O)c1ccccc1Br. The summed E-state index contributed by atoms with van der Waals surface area (Å²) in [5.74, 6) is 0.723. The monoisotopic (exact) mass is 371 g/mol. The second-order valence-electron chi connectivity index (χ2n) is 5.91. The van der Waals surface area contributed by atoms with E-state index < -0.39 is 10.8 Å². The molecule has 1 aromatic rings. The molecule has 0 heterocycles. The molecule has 2 nitrogen and oxygen atoms in total. The summed E-state index contributed by atoms with van der Waals surface area (Å²) in [5.41, 5.74) is 0. The summed E-state index contributed by atoms with van der Waals surface area (Å²) in [6.45, 7) is 5.46. The Bertz CT molecular complexity index is 480. The first-order valence-corrected chi connectivity index (χ1v) is 10.1. The summed E-state index contributed by atoms with van der Waals surface area (Å²) in [6.07, 6.45) is 5.82. The van der Waals surface area contributed by atoms with Crippen LogP contribution < -0.4 is 5.32 Å². The van der Waals surface area contributed by atoms with E-state index in [0.717, 1.165) is 41.1 Å². The molecule has 118 valence electrons. The molecule has 1 saturated carbocycles. The second-order valence-corrected chi connectivity index (χ2v) is 8.41. The number of rotatable bonds is 6. The molecule has 1 N–H and O–H groups in total. The van der Waals surface area contributed by atoms with Crippen LogP contribution in [0.5, 0.6) is 0 Å². The van der Waals surface area contributed by atoms with Gasteiger partial charge in [-0.25, -0.2) is 0 Å². The minimum Gasteiger partial charge on any atom is -0.313 e. The molecule has 0 spiro atoms. The third-order valence-electron chi connectivity index (χ3n) is 4.46. The van der Waals surface area contributed by atoms with E-state index in [1.165, 1.54) is 12.8 Å². The van der Waals surface area contributed by atoms with Crippen molar-refractivity contribution >= 4 is 26.7 Å². The van der Waals surface area contributed by atoms with Crippen molar-refractivity contribution in [2.75, 3.05) is 6.54 Å². The highest BCUT2D eigenvalue weighted by molar-refractivity contribution is 9.10. The van der Waals surface area contributed by atoms with E-state index in [-0.39, 0.29) is 5.25 Å². The lowest BCUT2D eigenvalue weighted by Gasteiger charge is -2.36. The number of hydrogen-bond acceptors (Lipinski definition) is 2. The Balaban J connectivity index is 2.18. The van der Waals surface area contributed by atoms with E-state index in [1.54, 1.807) is 0 Å². The van der Waals surface area contributed by atoms with Gasteiger partial charge in [-0.05, 0) is 66.2 Å². The highest BCUT2D eigenvalue weighted by Gasteiger charge is 2.34. The Kier molecular flexibility index (Phi) is 6.90. The minimum atomic E-state index is -0.947. The van der Waals surface area contributed by atoms with Gasteiger partial charge in [0.25, 0.3) is 0 Å². The van der Waals surface area contributed by atoms with Gasteiger partial charge in [-0.3, -0.25) is 4.21 Å². The zero-order valence-electron chi connectivity index (χ0n) is 13.0. The van der Waals surface area contributed by atoms with Crippen LogP contribution in [0.15, 0.2) is 33.6 Å². The number of halogens is 1. The Morgan fingerprint density at radius 2 is 2.05 bits per heavy atom. The molecule has 4 unspecified atom stereocenters. The predicted octanol–water partition coefficient (Wildman–Crippen LogP) is 4.50. The van der Waals surface area contributed by atoms with Crippen molar-refractivity contribution in [3.63, 3.8) is 0 Å². The van der Waals surface area contributed by atoms with Crippen molar-refractivity contribution in [2.45, 2.75) is 62.1 Å². The van der Waals surface area contributed by atoms with Crippen LogP contribution in [0.2, 0.25) is 0 Å². The van der Waals surface area contributed by atoms with Gasteiger partial charge in [0.05, 0.1) is 20.9 Å². The van der Waals surface area contributed by atoms with Crippen molar-refractivity contribution in [3.05, 3.63) is 28.7 Å². The van der Waals surface area contributed by atoms with Crippen molar-refractivity contribution in [1.29, 1.82) is 0 Å². The lowest BCUT2D eigenvalue weighted by molar-refractivity contribution is 0.292. The molecule has 4 atom stereocenters. The molecule has 0 radical (unpaired) electrons. The van der Waals surface area contributed by atoms with Crippen LogP contribution >= 0.6 is 15.9 Å². The van der Waals surface area contributed by atoms with Crippen molar-refractivity contribution in [3.8, 4) is 0 Å². The first-order chi connectivity index (χ1) is 10.2. The standard InChI is InChI=1S/C17H26BrNOS/c1-3-11-19-15-10-9-13(4-2)12-17(15)21(20)16-8-6-5-7-14(16)18/h5-8,13,15,17,19H,3-4,9-12H2,1-2H3. The summed E-state index contributed by atoms with van der Waals surface area (Å²) in [5, 5.41) is 3.86. The highest BCUT2D eigenvalue weighted by atomic mass is 79.9. The molecule has 1 fully saturated rings. The van der Waals surface area contributed by atoms with Crippen LogP contribution in [0.3, 0.4) is 0 Å². The first-order valence-electron chi connectivity index (χ1n) is 8.05. The van der Waals surface area contributed by atoms with E-state index >= 15 is 0 Å². The molecule has 1 aliphatic carbocycles. The van der Waals surface area contributed by atoms with Gasteiger partial charge in [0, 0.05) is 10.5 Å². The zero-order valence-corrected chi connectivity index (χ0v) is 15.4. The van der Waals surface area contributed by atoms with Crippen LogP contribution in [0.4, 0.5) is 0 Å². The fourth-order valence-electron chi connectivity index (χ4n) is 3.15. The topological polar surface area (TPSA) is 29.1 Å². The Morgan fingerprint density at radius 1 is 1.29 bits per heavy atom. The molecule has 1 aliphatic rings. The molecule has 0 saturated heterocycles. The molecular formula is C17H26BrNOS. The van der Waals surface area contributed by atoms with Crippen LogP contribution in [0.1, 0.15) is 46.0 Å². The Labute approximate surface area is 139 Å². The van der Waals surface area contributed by atoms with Gasteiger partial charge in [0.2, 0.25) is 0 Å². The normalized spacial score (nSPS) is 27.5. The van der Waals surface area contributed by atoms with Gasteiger partial charge in [-0.2, -0.15) is 0 Å². The van der Waals surface area contributed by atoms with Gasteiger partial charge in [0.1, 0.15) is 0 Å². The Hall–Kier alpha value is -0.190. The lowest BCUT2D eigenvalue weighted by Crippen LogP contribution is -2.46. The summed E-state index contributed by atoms with van der Waals surface area (Å²) >= 11 is 3.55. The van der Waals surface area contributed by atoms with E-state index in [9.17, 15) is 4.21 Å². The van der Waals surface area contributed by atoms with Gasteiger partial charge in [0.15, 0.2) is 0 Å². The fraction of sp³-hybridized carbons (Fsp3) is 0.647. The summed E-state index contributed by atoms with van der Waals surface area (Å²) < 4.78 is 14.1. The highest BCUT2D eigenvalue weighted by Crippen LogP contribution is 2.33. The number of nitrogens with one attached hydrogen (secondary N) is 1. The predicted molar refractivity (Wildman–Crippen MR) is 94.1 cm³/mol. The maximum atomic E-state index is 13.1. The molecule has 1 aromatic carbocycles. The van der Waals surface area contributed by atoms with Crippen molar-refractivity contribution in [2.24, 2.45) is 5.92 Å². The molecule has 0 aliphatic heterocycles. The van der Waals surface area contributed by atoms with Crippen LogP contribution in [0, 0.1) is 5.92 Å². The number of benzene rings is 1. The lowest BCUT2D eigenvalue weighted by atomic mass is 9.84. The van der Waals surface area contributed by atoms with Crippen molar-refractivity contribution in [1.82, 2.24) is 5.32 Å². The van der Waals surface area contributed by atoms with Gasteiger partial charge in [-0.1, -0.05) is 32.4 Å². The van der Waals surface area contributed by atoms with Crippen LogP contribution in [-0.2, 0) is 10.8 Å². The summed E-state index contributed by atoms with van der Waals surface area (Å²) in [6, 6.07) is 8.33. The second kappa shape index (κ2) is 8.44. The molecular weight excluding hydrogens is 346 g/mol. The Morgan fingerprint density at radius 3 is 2.71 bits per heavy atom. The average molecular weight is 372 g/mol. The fourth-order valence-corrected chi connectivity index (χ4v) is 5.69. The van der Waals surface area contributed by atoms with Gasteiger partial charge < -0.3 is 5.32 Å². The quantitative estimate of drug-likeness (QED) is 0.796. The molecule has 0 amide bonds. The maximum absolute atomic E-state index is 13.1. The first kappa shape index (κ1) is 17.2. The van der Waals surface area contributed by atoms with Crippen molar-refractivity contribution < 1.29 is 4.21 Å². The van der Waals surface area contributed by atoms with Crippen LogP contribution in [-0.4, -0.2) is 22.0 Å². The van der Waals surface area contributed by atoms with E-state index in [1.807, 2.05) is 24.3 Å². The van der Waals surface area contributed by atoms with E-state index in [2.05, 4.69) is 35.1 Å². The van der Waals surface area contributed by atoms with E-state index in [0.29, 0.717) is 6.04 Å². The van der Waals surface area contributed by atoms with E-state index in [4.69, 9.17) is 0 Å². The third-order valence-corrected chi connectivity index (χ3v) is 7.28. The molecule has 2 rings (SSSR count). The van der Waals surface area contributed by atoms with Gasteiger partial charge >= 0.3 is 0 Å². The van der Waals surface area contributed by atoms with Gasteiger partial charge in [-0.15, -0.1) is 0 Å². The molecule has 0 bridgehead atoms. The largest absolute Gasteiger partial charge is 0.313 e. The summed E-state index contributed by atoms with van der Waals surface area (Å²) in [4.78, 5) is 0.947. The summed E-state index contributed by atoms with van der Waals surface area (Å²) in [7, 11) is -0.947. The molecule has 0 aromatic heterocycles.